The van der Waals surface area contributed by atoms with Crippen LogP contribution in [0.4, 0.5) is 4.79 Å². The molecule has 2 amide bonds. The molecule has 2 N–H and O–H groups in total. The molecule has 0 aromatic heterocycles. The number of hydrogen-bond donors (Lipinski definition) is 2. The normalized spacial score (nSPS) is 9.42. The Balaban J connectivity index is 2.86. The van der Waals surface area contributed by atoms with Gasteiger partial charge in [-0.05, 0) is 12.1 Å². The topological polar surface area (TPSA) is 76.7 Å². The van der Waals surface area contributed by atoms with Crippen LogP contribution in [0, 0.1) is 0 Å². The summed E-state index contributed by atoms with van der Waals surface area (Å²) in [5.41, 5.74) is 2.10. The van der Waals surface area contributed by atoms with Crippen molar-refractivity contribution in [3.05, 3.63) is 40.5 Å². The SMILES string of the molecule is CONC(=O)Oc1ccccc1C(=O)NC=C(Cl)Cl. The van der Waals surface area contributed by atoms with Gasteiger partial charge in [-0.3, -0.25) is 9.63 Å². The van der Waals surface area contributed by atoms with Crippen LogP contribution in [0.5, 0.6) is 5.75 Å². The highest BCUT2D eigenvalue weighted by molar-refractivity contribution is 6.55. The van der Waals surface area contributed by atoms with Gasteiger partial charge in [0.1, 0.15) is 10.2 Å². The summed E-state index contributed by atoms with van der Waals surface area (Å²) in [6, 6.07) is 6.15. The lowest BCUT2D eigenvalue weighted by atomic mass is 10.2. The van der Waals surface area contributed by atoms with E-state index in [1.807, 2.05) is 5.48 Å². The second-order valence-electron chi connectivity index (χ2n) is 3.10. The molecule has 1 aromatic rings. The number of carbonyl (C=O) groups is 2. The number of benzene rings is 1. The van der Waals surface area contributed by atoms with Crippen molar-refractivity contribution < 1.29 is 19.2 Å². The summed E-state index contributed by atoms with van der Waals surface area (Å²) in [4.78, 5) is 27.4. The first-order valence-electron chi connectivity index (χ1n) is 4.96. The van der Waals surface area contributed by atoms with Crippen LogP contribution >= 0.6 is 23.2 Å². The zero-order chi connectivity index (χ0) is 14.3. The number of hydroxylamine groups is 1. The van der Waals surface area contributed by atoms with Gasteiger partial charge in [-0.1, -0.05) is 35.3 Å². The minimum atomic E-state index is -0.853. The molecule has 0 aliphatic heterocycles. The third kappa shape index (κ3) is 5.17. The van der Waals surface area contributed by atoms with Crippen LogP contribution in [-0.2, 0) is 4.84 Å². The van der Waals surface area contributed by atoms with E-state index < -0.39 is 12.0 Å². The maximum Gasteiger partial charge on any atom is 0.436 e. The molecule has 102 valence electrons. The molecule has 6 nitrogen and oxygen atoms in total. The van der Waals surface area contributed by atoms with Crippen LogP contribution < -0.4 is 15.5 Å². The second-order valence-corrected chi connectivity index (χ2v) is 4.11. The lowest BCUT2D eigenvalue weighted by Gasteiger charge is -2.08. The molecule has 0 heterocycles. The van der Waals surface area contributed by atoms with Crippen molar-refractivity contribution in [3.63, 3.8) is 0 Å². The highest BCUT2D eigenvalue weighted by Crippen LogP contribution is 2.18. The molecular formula is C11H10Cl2N2O4. The molecule has 8 heteroatoms. The number of hydrogen-bond acceptors (Lipinski definition) is 4. The van der Waals surface area contributed by atoms with E-state index in [9.17, 15) is 9.59 Å². The molecule has 0 bridgehead atoms. The Kier molecular flexibility index (Phi) is 6.14. The molecular weight excluding hydrogens is 295 g/mol. The van der Waals surface area contributed by atoms with Gasteiger partial charge in [-0.2, -0.15) is 5.48 Å². The zero-order valence-electron chi connectivity index (χ0n) is 9.78. The van der Waals surface area contributed by atoms with E-state index in [0.29, 0.717) is 0 Å². The van der Waals surface area contributed by atoms with Crippen molar-refractivity contribution in [2.24, 2.45) is 0 Å². The first-order valence-corrected chi connectivity index (χ1v) is 5.72. The average molecular weight is 305 g/mol. The molecule has 19 heavy (non-hydrogen) atoms. The van der Waals surface area contributed by atoms with Crippen molar-refractivity contribution in [3.8, 4) is 5.75 Å². The monoisotopic (exact) mass is 304 g/mol. The Bertz CT molecular complexity index is 501. The summed E-state index contributed by atoms with van der Waals surface area (Å²) in [6.07, 6.45) is 0.255. The summed E-state index contributed by atoms with van der Waals surface area (Å²) in [7, 11) is 1.26. The Morgan fingerprint density at radius 3 is 2.58 bits per heavy atom. The average Bonchev–Trinajstić information content (AvgIpc) is 2.36. The lowest BCUT2D eigenvalue weighted by molar-refractivity contribution is 0.0839. The molecule has 0 atom stereocenters. The fourth-order valence-electron chi connectivity index (χ4n) is 1.15. The smallest absolute Gasteiger partial charge is 0.408 e. The minimum Gasteiger partial charge on any atom is -0.408 e. The van der Waals surface area contributed by atoms with E-state index in [-0.39, 0.29) is 15.8 Å². The predicted octanol–water partition coefficient (Wildman–Crippen LogP) is 2.34. The van der Waals surface area contributed by atoms with Crippen LogP contribution in [-0.4, -0.2) is 19.1 Å². The first-order chi connectivity index (χ1) is 9.04. The third-order valence-electron chi connectivity index (χ3n) is 1.83. The molecule has 0 saturated carbocycles. The third-order valence-corrected chi connectivity index (χ3v) is 2.05. The van der Waals surface area contributed by atoms with Crippen LogP contribution in [0.25, 0.3) is 0 Å². The Hall–Kier alpha value is -1.76. The molecule has 1 rings (SSSR count). The van der Waals surface area contributed by atoms with E-state index in [2.05, 4.69) is 10.2 Å². The highest BCUT2D eigenvalue weighted by Gasteiger charge is 2.14. The summed E-state index contributed by atoms with van der Waals surface area (Å²) in [5.74, 6) is -0.465. The molecule has 0 aliphatic carbocycles. The quantitative estimate of drug-likeness (QED) is 0.837. The van der Waals surface area contributed by atoms with Gasteiger partial charge in [0.2, 0.25) is 0 Å². The molecule has 0 spiro atoms. The minimum absolute atomic E-state index is 0.0636. The van der Waals surface area contributed by atoms with Gasteiger partial charge in [0.25, 0.3) is 5.91 Å². The van der Waals surface area contributed by atoms with Gasteiger partial charge in [0.15, 0.2) is 0 Å². The standard InChI is InChI=1S/C11H10Cl2N2O4/c1-18-15-11(17)19-8-5-3-2-4-7(8)10(16)14-6-9(12)13/h2-6H,1H3,(H,14,16)(H,15,17). The van der Waals surface area contributed by atoms with E-state index >= 15 is 0 Å². The Labute approximate surface area is 119 Å². The number of ether oxygens (including phenoxy) is 1. The Morgan fingerprint density at radius 1 is 1.26 bits per heavy atom. The van der Waals surface area contributed by atoms with Crippen LogP contribution in [0.3, 0.4) is 0 Å². The van der Waals surface area contributed by atoms with Crippen molar-refractivity contribution in [1.82, 2.24) is 10.8 Å². The van der Waals surface area contributed by atoms with Gasteiger partial charge >= 0.3 is 6.09 Å². The Morgan fingerprint density at radius 2 is 1.95 bits per heavy atom. The van der Waals surface area contributed by atoms with Crippen LogP contribution in [0.1, 0.15) is 10.4 Å². The number of rotatable bonds is 4. The van der Waals surface area contributed by atoms with Gasteiger partial charge in [0.05, 0.1) is 12.7 Å². The van der Waals surface area contributed by atoms with Crippen LogP contribution in [0.2, 0.25) is 0 Å². The number of halogens is 2. The van der Waals surface area contributed by atoms with Crippen molar-refractivity contribution in [2.45, 2.75) is 0 Å². The van der Waals surface area contributed by atoms with Gasteiger partial charge < -0.3 is 10.1 Å². The molecule has 0 fully saturated rings. The number of nitrogens with one attached hydrogen (secondary N) is 2. The van der Waals surface area contributed by atoms with Crippen LogP contribution in [0.15, 0.2) is 35.0 Å². The van der Waals surface area contributed by atoms with Crippen molar-refractivity contribution in [2.75, 3.05) is 7.11 Å². The zero-order valence-corrected chi connectivity index (χ0v) is 11.3. The van der Waals surface area contributed by atoms with Gasteiger partial charge in [0, 0.05) is 6.20 Å². The summed E-state index contributed by atoms with van der Waals surface area (Å²) < 4.78 is 4.78. The van der Waals surface area contributed by atoms with Gasteiger partial charge in [-0.25, -0.2) is 4.79 Å². The largest absolute Gasteiger partial charge is 0.436 e. The predicted molar refractivity (Wildman–Crippen MR) is 69.9 cm³/mol. The first kappa shape index (κ1) is 15.3. The number of amides is 2. The maximum absolute atomic E-state index is 11.8. The number of para-hydroxylation sites is 1. The molecule has 0 radical (unpaired) electrons. The van der Waals surface area contributed by atoms with Crippen molar-refractivity contribution >= 4 is 35.2 Å². The summed E-state index contributed by atoms with van der Waals surface area (Å²) in [6.45, 7) is 0. The van der Waals surface area contributed by atoms with E-state index in [1.165, 1.54) is 19.2 Å². The molecule has 0 aliphatic rings. The summed E-state index contributed by atoms with van der Waals surface area (Å²) in [5, 5.41) is 2.34. The van der Waals surface area contributed by atoms with Gasteiger partial charge in [-0.15, -0.1) is 0 Å². The van der Waals surface area contributed by atoms with E-state index in [0.717, 1.165) is 6.20 Å². The second kappa shape index (κ2) is 7.63. The molecule has 1 aromatic carbocycles. The molecule has 0 saturated heterocycles. The maximum atomic E-state index is 11.8. The fraction of sp³-hybridized carbons (Fsp3) is 0.0909. The number of carbonyl (C=O) groups excluding carboxylic acids is 2. The highest BCUT2D eigenvalue weighted by atomic mass is 35.5. The van der Waals surface area contributed by atoms with E-state index in [1.54, 1.807) is 12.1 Å². The summed E-state index contributed by atoms with van der Waals surface area (Å²) >= 11 is 10.7. The van der Waals surface area contributed by atoms with Crippen molar-refractivity contribution in [1.29, 1.82) is 0 Å². The molecule has 0 unspecified atom stereocenters. The van der Waals surface area contributed by atoms with E-state index in [4.69, 9.17) is 27.9 Å². The fourth-order valence-corrected chi connectivity index (χ4v) is 1.25. The lowest BCUT2D eigenvalue weighted by Crippen LogP contribution is -2.27.